The molecule has 0 bridgehead atoms. The Morgan fingerprint density at radius 2 is 2.33 bits per heavy atom. The maximum atomic E-state index is 11.1. The first-order valence-electron chi connectivity index (χ1n) is 3.95. The summed E-state index contributed by atoms with van der Waals surface area (Å²) >= 11 is 0. The summed E-state index contributed by atoms with van der Waals surface area (Å²) < 4.78 is 0. The molecule has 0 fully saturated rings. The van der Waals surface area contributed by atoms with Crippen LogP contribution in [0, 0.1) is 17.2 Å². The van der Waals surface area contributed by atoms with Gasteiger partial charge in [0.2, 0.25) is 5.91 Å². The molecule has 0 aliphatic rings. The monoisotopic (exact) mass is 169 g/mol. The molecular formula is C8H15N3O. The third-order valence-corrected chi connectivity index (χ3v) is 1.55. The number of amides is 1. The number of carbonyl (C=O) groups excluding carboxylic acids is 1. The minimum atomic E-state index is -0.114. The van der Waals surface area contributed by atoms with Gasteiger partial charge in [-0.2, -0.15) is 5.26 Å². The van der Waals surface area contributed by atoms with Crippen molar-refractivity contribution < 1.29 is 4.79 Å². The quantitative estimate of drug-likeness (QED) is 0.641. The first-order chi connectivity index (χ1) is 5.61. The number of nitriles is 1. The molecule has 0 spiro atoms. The molecule has 2 N–H and O–H groups in total. The number of hydrogen-bond donors (Lipinski definition) is 1. The van der Waals surface area contributed by atoms with Crippen molar-refractivity contribution in [3.8, 4) is 6.07 Å². The molecule has 0 aromatic carbocycles. The first kappa shape index (κ1) is 10.9. The van der Waals surface area contributed by atoms with Crippen LogP contribution in [0.15, 0.2) is 0 Å². The third-order valence-electron chi connectivity index (χ3n) is 1.55. The minimum absolute atomic E-state index is 0.000370. The van der Waals surface area contributed by atoms with Gasteiger partial charge in [-0.15, -0.1) is 0 Å². The molecule has 0 aliphatic carbocycles. The van der Waals surface area contributed by atoms with E-state index in [4.69, 9.17) is 11.0 Å². The second-order valence-electron chi connectivity index (χ2n) is 2.84. The molecule has 1 amide bonds. The highest BCUT2D eigenvalue weighted by molar-refractivity contribution is 5.76. The van der Waals surface area contributed by atoms with E-state index in [9.17, 15) is 4.79 Å². The van der Waals surface area contributed by atoms with E-state index in [1.165, 1.54) is 0 Å². The molecular weight excluding hydrogens is 154 g/mol. The molecule has 0 saturated carbocycles. The Labute approximate surface area is 72.9 Å². The standard InChI is InChI=1S/C8H15N3O/c1-7(5-10)6-11(2)8(12)3-4-9/h7H,3-4,6,9H2,1-2H3. The second-order valence-corrected chi connectivity index (χ2v) is 2.84. The smallest absolute Gasteiger partial charge is 0.223 e. The average molecular weight is 169 g/mol. The summed E-state index contributed by atoms with van der Waals surface area (Å²) in [7, 11) is 1.69. The van der Waals surface area contributed by atoms with Crippen molar-refractivity contribution >= 4 is 5.91 Å². The zero-order chi connectivity index (χ0) is 9.56. The molecule has 4 nitrogen and oxygen atoms in total. The fourth-order valence-corrected chi connectivity index (χ4v) is 0.868. The predicted octanol–water partition coefficient (Wildman–Crippen LogP) is -0.0467. The van der Waals surface area contributed by atoms with Crippen LogP contribution < -0.4 is 5.73 Å². The average Bonchev–Trinajstić information content (AvgIpc) is 2.04. The molecule has 1 unspecified atom stereocenters. The molecule has 0 aromatic heterocycles. The largest absolute Gasteiger partial charge is 0.344 e. The summed E-state index contributed by atoms with van der Waals surface area (Å²) in [6.07, 6.45) is 0.356. The molecule has 4 heteroatoms. The molecule has 0 aromatic rings. The highest BCUT2D eigenvalue weighted by Crippen LogP contribution is 1.97. The Bertz CT molecular complexity index is 185. The topological polar surface area (TPSA) is 70.1 Å². The van der Waals surface area contributed by atoms with E-state index >= 15 is 0 Å². The zero-order valence-electron chi connectivity index (χ0n) is 7.58. The molecule has 0 radical (unpaired) electrons. The maximum Gasteiger partial charge on any atom is 0.223 e. The summed E-state index contributed by atoms with van der Waals surface area (Å²) in [5.74, 6) is -0.115. The zero-order valence-corrected chi connectivity index (χ0v) is 7.58. The number of hydrogen-bond acceptors (Lipinski definition) is 3. The van der Waals surface area contributed by atoms with Gasteiger partial charge in [-0.3, -0.25) is 4.79 Å². The van der Waals surface area contributed by atoms with Gasteiger partial charge in [0, 0.05) is 26.6 Å². The highest BCUT2D eigenvalue weighted by atomic mass is 16.2. The van der Waals surface area contributed by atoms with Crippen LogP contribution in [-0.2, 0) is 4.79 Å². The fourth-order valence-electron chi connectivity index (χ4n) is 0.868. The van der Waals surface area contributed by atoms with Gasteiger partial charge < -0.3 is 10.6 Å². The van der Waals surface area contributed by atoms with Crippen molar-refractivity contribution in [1.29, 1.82) is 5.26 Å². The van der Waals surface area contributed by atoms with E-state index in [0.717, 1.165) is 0 Å². The van der Waals surface area contributed by atoms with Crippen molar-refractivity contribution in [3.63, 3.8) is 0 Å². The Hall–Kier alpha value is -1.08. The van der Waals surface area contributed by atoms with E-state index in [0.29, 0.717) is 19.5 Å². The van der Waals surface area contributed by atoms with Crippen LogP contribution in [0.1, 0.15) is 13.3 Å². The normalized spacial score (nSPS) is 11.8. The molecule has 0 heterocycles. The third kappa shape index (κ3) is 3.94. The summed E-state index contributed by atoms with van der Waals surface area (Å²) in [5, 5.41) is 8.48. The molecule has 0 saturated heterocycles. The maximum absolute atomic E-state index is 11.1. The lowest BCUT2D eigenvalue weighted by Gasteiger charge is -2.17. The minimum Gasteiger partial charge on any atom is -0.344 e. The predicted molar refractivity (Wildman–Crippen MR) is 46.1 cm³/mol. The summed E-state index contributed by atoms with van der Waals surface area (Å²) in [6, 6.07) is 2.07. The van der Waals surface area contributed by atoms with Gasteiger partial charge >= 0.3 is 0 Å². The Morgan fingerprint density at radius 1 is 1.75 bits per heavy atom. The van der Waals surface area contributed by atoms with Gasteiger partial charge in [-0.05, 0) is 6.92 Å². The van der Waals surface area contributed by atoms with Gasteiger partial charge in [0.05, 0.1) is 12.0 Å². The molecule has 68 valence electrons. The Kier molecular flexibility index (Phi) is 5.06. The number of carbonyl (C=O) groups is 1. The number of nitrogens with zero attached hydrogens (tertiary/aromatic N) is 2. The van der Waals surface area contributed by atoms with E-state index in [1.54, 1.807) is 18.9 Å². The van der Waals surface area contributed by atoms with Crippen molar-refractivity contribution in [1.82, 2.24) is 4.90 Å². The molecule has 0 aliphatic heterocycles. The SMILES string of the molecule is CC(C#N)CN(C)C(=O)CCN. The van der Waals surface area contributed by atoms with Gasteiger partial charge in [0.15, 0.2) is 0 Å². The number of nitrogens with two attached hydrogens (primary N) is 1. The first-order valence-corrected chi connectivity index (χ1v) is 3.95. The van der Waals surface area contributed by atoms with Crippen molar-refractivity contribution in [2.24, 2.45) is 11.7 Å². The van der Waals surface area contributed by atoms with E-state index < -0.39 is 0 Å². The fraction of sp³-hybridized carbons (Fsp3) is 0.750. The van der Waals surface area contributed by atoms with E-state index in [-0.39, 0.29) is 11.8 Å². The van der Waals surface area contributed by atoms with Crippen molar-refractivity contribution in [2.75, 3.05) is 20.1 Å². The van der Waals surface area contributed by atoms with Gasteiger partial charge in [-0.1, -0.05) is 0 Å². The van der Waals surface area contributed by atoms with Crippen LogP contribution >= 0.6 is 0 Å². The van der Waals surface area contributed by atoms with Crippen LogP contribution in [0.25, 0.3) is 0 Å². The summed E-state index contributed by atoms with van der Waals surface area (Å²) in [5.41, 5.74) is 5.22. The second kappa shape index (κ2) is 5.56. The molecule has 0 rings (SSSR count). The molecule has 1 atom stereocenters. The lowest BCUT2D eigenvalue weighted by atomic mass is 10.2. The van der Waals surface area contributed by atoms with Crippen LogP contribution in [-0.4, -0.2) is 30.9 Å². The summed E-state index contributed by atoms with van der Waals surface area (Å²) in [4.78, 5) is 12.7. The Balaban J connectivity index is 3.80. The van der Waals surface area contributed by atoms with Crippen LogP contribution in [0.5, 0.6) is 0 Å². The highest BCUT2D eigenvalue weighted by Gasteiger charge is 2.10. The Morgan fingerprint density at radius 3 is 2.75 bits per heavy atom. The van der Waals surface area contributed by atoms with Crippen LogP contribution in [0.3, 0.4) is 0 Å². The van der Waals surface area contributed by atoms with E-state index in [1.807, 2.05) is 0 Å². The summed E-state index contributed by atoms with van der Waals surface area (Å²) in [6.45, 7) is 2.63. The van der Waals surface area contributed by atoms with Gasteiger partial charge in [0.25, 0.3) is 0 Å². The lowest BCUT2D eigenvalue weighted by Crippen LogP contribution is -2.31. The lowest BCUT2D eigenvalue weighted by molar-refractivity contribution is -0.129. The van der Waals surface area contributed by atoms with Crippen LogP contribution in [0.4, 0.5) is 0 Å². The molecule has 12 heavy (non-hydrogen) atoms. The van der Waals surface area contributed by atoms with E-state index in [2.05, 4.69) is 6.07 Å². The van der Waals surface area contributed by atoms with Crippen LogP contribution in [0.2, 0.25) is 0 Å². The van der Waals surface area contributed by atoms with Crippen molar-refractivity contribution in [2.45, 2.75) is 13.3 Å². The number of rotatable bonds is 4. The van der Waals surface area contributed by atoms with Gasteiger partial charge in [0.1, 0.15) is 0 Å². The van der Waals surface area contributed by atoms with Crippen molar-refractivity contribution in [3.05, 3.63) is 0 Å². The van der Waals surface area contributed by atoms with Gasteiger partial charge in [-0.25, -0.2) is 0 Å².